The molecule has 0 spiro atoms. The number of benzene rings is 1. The van der Waals surface area contributed by atoms with E-state index in [-0.39, 0.29) is 17.4 Å². The number of hydrogen-bond donors (Lipinski definition) is 1. The topological polar surface area (TPSA) is 54.9 Å². The summed E-state index contributed by atoms with van der Waals surface area (Å²) in [6.45, 7) is 6.37. The Morgan fingerprint density at radius 1 is 1.19 bits per heavy atom. The Morgan fingerprint density at radius 2 is 1.90 bits per heavy atom. The fourth-order valence-electron chi connectivity index (χ4n) is 2.07. The van der Waals surface area contributed by atoms with Crippen molar-refractivity contribution in [1.29, 1.82) is 0 Å². The van der Waals surface area contributed by atoms with Gasteiger partial charge in [0.2, 0.25) is 0 Å². The summed E-state index contributed by atoms with van der Waals surface area (Å²) in [7, 11) is 0. The van der Waals surface area contributed by atoms with Gasteiger partial charge in [0.05, 0.1) is 6.20 Å². The molecule has 0 aliphatic heterocycles. The summed E-state index contributed by atoms with van der Waals surface area (Å²) in [4.78, 5) is 20.3. The molecule has 1 N–H and O–H groups in total. The monoisotopic (exact) mass is 283 g/mol. The first kappa shape index (κ1) is 15.2. The molecule has 0 saturated heterocycles. The van der Waals surface area contributed by atoms with Crippen molar-refractivity contribution in [2.75, 3.05) is 0 Å². The first-order chi connectivity index (χ1) is 9.97. The van der Waals surface area contributed by atoms with Gasteiger partial charge in [-0.05, 0) is 17.4 Å². The Balaban J connectivity index is 2.12. The second-order valence-corrected chi connectivity index (χ2v) is 6.17. The van der Waals surface area contributed by atoms with Crippen LogP contribution >= 0.6 is 0 Å². The van der Waals surface area contributed by atoms with Crippen LogP contribution in [0.15, 0.2) is 48.9 Å². The SMILES string of the molecule is CC(C)(C)[C@H](Cc1ccccc1)NC(=O)c1cnccn1. The van der Waals surface area contributed by atoms with Gasteiger partial charge in [-0.3, -0.25) is 9.78 Å². The molecule has 1 aromatic carbocycles. The maximum atomic E-state index is 12.3. The summed E-state index contributed by atoms with van der Waals surface area (Å²) in [6.07, 6.45) is 5.36. The normalized spacial score (nSPS) is 12.7. The highest BCUT2D eigenvalue weighted by atomic mass is 16.1. The van der Waals surface area contributed by atoms with Crippen LogP contribution in [0.25, 0.3) is 0 Å². The van der Waals surface area contributed by atoms with Crippen molar-refractivity contribution in [2.45, 2.75) is 33.2 Å². The van der Waals surface area contributed by atoms with Crippen LogP contribution in [-0.2, 0) is 6.42 Å². The number of aromatic nitrogens is 2. The third-order valence-corrected chi connectivity index (χ3v) is 3.43. The van der Waals surface area contributed by atoms with E-state index in [0.29, 0.717) is 5.69 Å². The van der Waals surface area contributed by atoms with Crippen LogP contribution in [0.2, 0.25) is 0 Å². The van der Waals surface area contributed by atoms with Gasteiger partial charge in [-0.2, -0.15) is 0 Å². The lowest BCUT2D eigenvalue weighted by Crippen LogP contribution is -2.45. The van der Waals surface area contributed by atoms with Crippen LogP contribution in [-0.4, -0.2) is 21.9 Å². The molecular weight excluding hydrogens is 262 g/mol. The smallest absolute Gasteiger partial charge is 0.271 e. The standard InChI is InChI=1S/C17H21N3O/c1-17(2,3)15(11-13-7-5-4-6-8-13)20-16(21)14-12-18-9-10-19-14/h4-10,12,15H,11H2,1-3H3,(H,20,21)/t15-/m0/s1. The summed E-state index contributed by atoms with van der Waals surface area (Å²) in [6, 6.07) is 10.2. The highest BCUT2D eigenvalue weighted by Gasteiger charge is 2.27. The predicted molar refractivity (Wildman–Crippen MR) is 82.9 cm³/mol. The molecular formula is C17H21N3O. The van der Waals surface area contributed by atoms with Gasteiger partial charge in [-0.15, -0.1) is 0 Å². The lowest BCUT2D eigenvalue weighted by atomic mass is 9.83. The van der Waals surface area contributed by atoms with Gasteiger partial charge in [0.15, 0.2) is 0 Å². The summed E-state index contributed by atoms with van der Waals surface area (Å²) in [5.74, 6) is -0.182. The second kappa shape index (κ2) is 6.48. The minimum absolute atomic E-state index is 0.0226. The van der Waals surface area contributed by atoms with Gasteiger partial charge in [0.25, 0.3) is 5.91 Å². The van der Waals surface area contributed by atoms with E-state index >= 15 is 0 Å². The van der Waals surface area contributed by atoms with Crippen LogP contribution in [0.4, 0.5) is 0 Å². The maximum absolute atomic E-state index is 12.3. The Bertz CT molecular complexity index is 576. The molecule has 0 aliphatic rings. The number of hydrogen-bond acceptors (Lipinski definition) is 3. The molecule has 0 unspecified atom stereocenters. The van der Waals surface area contributed by atoms with Crippen molar-refractivity contribution >= 4 is 5.91 Å². The average Bonchev–Trinajstić information content (AvgIpc) is 2.47. The Kier molecular flexibility index (Phi) is 4.68. The van der Waals surface area contributed by atoms with E-state index < -0.39 is 0 Å². The molecule has 0 bridgehead atoms. The molecule has 2 aromatic rings. The number of nitrogens with zero attached hydrogens (tertiary/aromatic N) is 2. The number of amides is 1. The molecule has 2 rings (SSSR count). The Morgan fingerprint density at radius 3 is 2.48 bits per heavy atom. The molecule has 4 nitrogen and oxygen atoms in total. The van der Waals surface area contributed by atoms with E-state index in [2.05, 4.69) is 48.2 Å². The van der Waals surface area contributed by atoms with Crippen molar-refractivity contribution in [2.24, 2.45) is 5.41 Å². The van der Waals surface area contributed by atoms with E-state index in [1.807, 2.05) is 18.2 Å². The maximum Gasteiger partial charge on any atom is 0.271 e. The molecule has 1 aromatic heterocycles. The molecule has 0 aliphatic carbocycles. The number of nitrogens with one attached hydrogen (secondary N) is 1. The van der Waals surface area contributed by atoms with Crippen molar-refractivity contribution in [3.63, 3.8) is 0 Å². The van der Waals surface area contributed by atoms with Gasteiger partial charge < -0.3 is 5.32 Å². The Labute approximate surface area is 125 Å². The molecule has 0 radical (unpaired) electrons. The van der Waals surface area contributed by atoms with Crippen molar-refractivity contribution < 1.29 is 4.79 Å². The van der Waals surface area contributed by atoms with Crippen LogP contribution in [0.3, 0.4) is 0 Å². The van der Waals surface area contributed by atoms with E-state index in [4.69, 9.17) is 0 Å². The van der Waals surface area contributed by atoms with Crippen LogP contribution in [0.5, 0.6) is 0 Å². The molecule has 0 saturated carbocycles. The largest absolute Gasteiger partial charge is 0.347 e. The zero-order valence-corrected chi connectivity index (χ0v) is 12.7. The quantitative estimate of drug-likeness (QED) is 0.938. The second-order valence-electron chi connectivity index (χ2n) is 6.17. The molecule has 21 heavy (non-hydrogen) atoms. The lowest BCUT2D eigenvalue weighted by Gasteiger charge is -2.31. The number of carbonyl (C=O) groups excluding carboxylic acids is 1. The molecule has 0 fully saturated rings. The van der Waals surface area contributed by atoms with Gasteiger partial charge in [0.1, 0.15) is 5.69 Å². The van der Waals surface area contributed by atoms with Crippen LogP contribution < -0.4 is 5.32 Å². The third-order valence-electron chi connectivity index (χ3n) is 3.43. The average molecular weight is 283 g/mol. The molecule has 4 heteroatoms. The molecule has 110 valence electrons. The third kappa shape index (κ3) is 4.38. The Hall–Kier alpha value is -2.23. The molecule has 1 atom stereocenters. The summed E-state index contributed by atoms with van der Waals surface area (Å²) in [5.41, 5.74) is 1.50. The van der Waals surface area contributed by atoms with E-state index in [1.54, 1.807) is 6.20 Å². The summed E-state index contributed by atoms with van der Waals surface area (Å²) in [5, 5.41) is 3.08. The zero-order chi connectivity index (χ0) is 15.3. The molecule has 1 amide bonds. The fourth-order valence-corrected chi connectivity index (χ4v) is 2.07. The van der Waals surface area contributed by atoms with Gasteiger partial charge in [-0.25, -0.2) is 4.98 Å². The number of carbonyl (C=O) groups is 1. The fraction of sp³-hybridized carbons (Fsp3) is 0.353. The minimum Gasteiger partial charge on any atom is -0.347 e. The van der Waals surface area contributed by atoms with E-state index in [9.17, 15) is 4.79 Å². The van der Waals surface area contributed by atoms with Crippen LogP contribution in [0, 0.1) is 5.41 Å². The summed E-state index contributed by atoms with van der Waals surface area (Å²) < 4.78 is 0. The van der Waals surface area contributed by atoms with E-state index in [1.165, 1.54) is 18.0 Å². The van der Waals surface area contributed by atoms with Gasteiger partial charge in [0, 0.05) is 18.4 Å². The highest BCUT2D eigenvalue weighted by Crippen LogP contribution is 2.23. The minimum atomic E-state index is -0.182. The molecule has 1 heterocycles. The van der Waals surface area contributed by atoms with Crippen molar-refractivity contribution in [3.8, 4) is 0 Å². The van der Waals surface area contributed by atoms with E-state index in [0.717, 1.165) is 6.42 Å². The van der Waals surface area contributed by atoms with Gasteiger partial charge in [-0.1, -0.05) is 51.1 Å². The summed E-state index contributed by atoms with van der Waals surface area (Å²) >= 11 is 0. The predicted octanol–water partition coefficient (Wildman–Crippen LogP) is 2.86. The first-order valence-electron chi connectivity index (χ1n) is 7.07. The van der Waals surface area contributed by atoms with Crippen molar-refractivity contribution in [1.82, 2.24) is 15.3 Å². The first-order valence-corrected chi connectivity index (χ1v) is 7.07. The van der Waals surface area contributed by atoms with Gasteiger partial charge >= 0.3 is 0 Å². The zero-order valence-electron chi connectivity index (χ0n) is 12.7. The highest BCUT2D eigenvalue weighted by molar-refractivity contribution is 5.92. The lowest BCUT2D eigenvalue weighted by molar-refractivity contribution is 0.0896. The van der Waals surface area contributed by atoms with Crippen molar-refractivity contribution in [3.05, 3.63) is 60.2 Å². The number of rotatable bonds is 4. The van der Waals surface area contributed by atoms with Crippen LogP contribution in [0.1, 0.15) is 36.8 Å².